The van der Waals surface area contributed by atoms with Gasteiger partial charge in [-0.2, -0.15) is 16.3 Å². The summed E-state index contributed by atoms with van der Waals surface area (Å²) in [5.74, 6) is 1.19. The summed E-state index contributed by atoms with van der Waals surface area (Å²) in [6.07, 6.45) is 0.699. The lowest BCUT2D eigenvalue weighted by molar-refractivity contribution is 0.289. The van der Waals surface area contributed by atoms with Crippen LogP contribution in [0.3, 0.4) is 0 Å². The van der Waals surface area contributed by atoms with E-state index in [4.69, 9.17) is 9.63 Å². The van der Waals surface area contributed by atoms with Crippen LogP contribution >= 0.6 is 11.3 Å². The molecule has 0 bridgehead atoms. The summed E-state index contributed by atoms with van der Waals surface area (Å²) in [6, 6.07) is 12.0. The van der Waals surface area contributed by atoms with Gasteiger partial charge < -0.3 is 14.5 Å². The zero-order chi connectivity index (χ0) is 15.2. The van der Waals surface area contributed by atoms with Crippen molar-refractivity contribution in [1.29, 1.82) is 0 Å². The molecule has 5 nitrogen and oxygen atoms in total. The molecule has 22 heavy (non-hydrogen) atoms. The summed E-state index contributed by atoms with van der Waals surface area (Å²) in [7, 11) is 0. The maximum Gasteiger partial charge on any atom is 0.258 e. The van der Waals surface area contributed by atoms with E-state index in [1.165, 1.54) is 0 Å². The van der Waals surface area contributed by atoms with Gasteiger partial charge in [0.25, 0.3) is 5.89 Å². The smallest absolute Gasteiger partial charge is 0.258 e. The first-order valence-corrected chi connectivity index (χ1v) is 8.07. The van der Waals surface area contributed by atoms with E-state index in [0.717, 1.165) is 17.8 Å². The Hall–Kier alpha value is -2.18. The molecule has 1 aromatic carbocycles. The minimum atomic E-state index is 0.162. The van der Waals surface area contributed by atoms with E-state index in [1.807, 2.05) is 47.2 Å². The number of rotatable bonds is 7. The molecule has 0 spiro atoms. The van der Waals surface area contributed by atoms with E-state index in [0.29, 0.717) is 24.7 Å². The van der Waals surface area contributed by atoms with Crippen LogP contribution in [-0.2, 0) is 6.54 Å². The highest BCUT2D eigenvalue weighted by Crippen LogP contribution is 2.21. The van der Waals surface area contributed by atoms with Crippen molar-refractivity contribution in [3.8, 4) is 11.5 Å². The van der Waals surface area contributed by atoms with E-state index in [-0.39, 0.29) is 6.61 Å². The van der Waals surface area contributed by atoms with Crippen molar-refractivity contribution < 1.29 is 9.63 Å². The quantitative estimate of drug-likeness (QED) is 0.725. The highest BCUT2D eigenvalue weighted by molar-refractivity contribution is 7.08. The van der Waals surface area contributed by atoms with Gasteiger partial charge in [-0.05, 0) is 30.0 Å². The lowest BCUT2D eigenvalue weighted by Gasteiger charge is -2.22. The average molecular weight is 315 g/mol. The third-order valence-corrected chi connectivity index (χ3v) is 3.96. The second-order valence-electron chi connectivity index (χ2n) is 4.86. The summed E-state index contributed by atoms with van der Waals surface area (Å²) < 4.78 is 5.32. The molecule has 1 N–H and O–H groups in total. The van der Waals surface area contributed by atoms with Crippen LogP contribution in [0.4, 0.5) is 5.69 Å². The van der Waals surface area contributed by atoms with Gasteiger partial charge in [-0.15, -0.1) is 0 Å². The molecule has 0 saturated carbocycles. The number of hydrogen-bond acceptors (Lipinski definition) is 6. The van der Waals surface area contributed by atoms with E-state index in [2.05, 4.69) is 15.0 Å². The Morgan fingerprint density at radius 3 is 2.77 bits per heavy atom. The topological polar surface area (TPSA) is 62.4 Å². The summed E-state index contributed by atoms with van der Waals surface area (Å²) in [5, 5.41) is 17.1. The van der Waals surface area contributed by atoms with Crippen LogP contribution < -0.4 is 4.90 Å². The fourth-order valence-electron chi connectivity index (χ4n) is 2.19. The second-order valence-corrected chi connectivity index (χ2v) is 5.64. The van der Waals surface area contributed by atoms with Gasteiger partial charge in [0.2, 0.25) is 0 Å². The molecule has 0 aliphatic heterocycles. The van der Waals surface area contributed by atoms with Crippen molar-refractivity contribution in [2.45, 2.75) is 13.0 Å². The molecule has 6 heteroatoms. The van der Waals surface area contributed by atoms with Crippen LogP contribution in [0.5, 0.6) is 0 Å². The highest BCUT2D eigenvalue weighted by atomic mass is 32.1. The Kier molecular flexibility index (Phi) is 4.82. The molecular formula is C16H17N3O2S. The molecule has 0 saturated heterocycles. The van der Waals surface area contributed by atoms with Gasteiger partial charge in [-0.3, -0.25) is 0 Å². The van der Waals surface area contributed by atoms with Gasteiger partial charge in [0.05, 0.1) is 12.1 Å². The van der Waals surface area contributed by atoms with Crippen molar-refractivity contribution in [3.05, 3.63) is 53.0 Å². The Morgan fingerprint density at radius 2 is 2.05 bits per heavy atom. The second kappa shape index (κ2) is 7.20. The Bertz CT molecular complexity index is 683. The third-order valence-electron chi connectivity index (χ3n) is 3.28. The van der Waals surface area contributed by atoms with Crippen molar-refractivity contribution in [2.75, 3.05) is 18.1 Å². The number of anilines is 1. The average Bonchev–Trinajstić information content (AvgIpc) is 3.23. The number of hydrogen-bond donors (Lipinski definition) is 1. The number of aromatic nitrogens is 2. The minimum absolute atomic E-state index is 0.162. The fraction of sp³-hybridized carbons (Fsp3) is 0.250. The molecule has 0 unspecified atom stereocenters. The van der Waals surface area contributed by atoms with Crippen molar-refractivity contribution in [3.63, 3.8) is 0 Å². The molecule has 0 fully saturated rings. The van der Waals surface area contributed by atoms with Crippen LogP contribution in [0.25, 0.3) is 11.5 Å². The van der Waals surface area contributed by atoms with E-state index >= 15 is 0 Å². The molecule has 114 valence electrons. The first-order chi connectivity index (χ1) is 10.9. The lowest BCUT2D eigenvalue weighted by atomic mass is 10.2. The standard InChI is InChI=1S/C16H17N3O2S/c20-9-4-8-19(14-5-2-1-3-6-14)11-15-17-16(21-18-15)13-7-10-22-12-13/h1-3,5-7,10,12,20H,4,8-9,11H2. The molecular weight excluding hydrogens is 298 g/mol. The molecule has 3 rings (SSSR count). The molecule has 0 aliphatic rings. The zero-order valence-corrected chi connectivity index (χ0v) is 12.9. The Balaban J connectivity index is 1.76. The Morgan fingerprint density at radius 1 is 1.18 bits per heavy atom. The van der Waals surface area contributed by atoms with Crippen LogP contribution in [-0.4, -0.2) is 28.4 Å². The van der Waals surface area contributed by atoms with Crippen molar-refractivity contribution in [1.82, 2.24) is 10.1 Å². The van der Waals surface area contributed by atoms with E-state index in [9.17, 15) is 0 Å². The summed E-state index contributed by atoms with van der Waals surface area (Å²) >= 11 is 1.60. The number of nitrogens with zero attached hydrogens (tertiary/aromatic N) is 3. The van der Waals surface area contributed by atoms with Crippen molar-refractivity contribution in [2.24, 2.45) is 0 Å². The molecule has 0 atom stereocenters. The van der Waals surface area contributed by atoms with Gasteiger partial charge in [0.15, 0.2) is 5.82 Å². The van der Waals surface area contributed by atoms with Crippen molar-refractivity contribution >= 4 is 17.0 Å². The van der Waals surface area contributed by atoms with Crippen LogP contribution in [0.2, 0.25) is 0 Å². The molecule has 0 amide bonds. The lowest BCUT2D eigenvalue weighted by Crippen LogP contribution is -2.25. The summed E-state index contributed by atoms with van der Waals surface area (Å²) in [6.45, 7) is 1.45. The molecule has 2 aromatic heterocycles. The zero-order valence-electron chi connectivity index (χ0n) is 12.1. The first kappa shape index (κ1) is 14.7. The van der Waals surface area contributed by atoms with Crippen LogP contribution in [0.1, 0.15) is 12.2 Å². The molecule has 3 aromatic rings. The van der Waals surface area contributed by atoms with Gasteiger partial charge in [-0.25, -0.2) is 0 Å². The molecule has 2 heterocycles. The Labute approximate surface area is 132 Å². The number of aliphatic hydroxyl groups is 1. The fourth-order valence-corrected chi connectivity index (χ4v) is 2.82. The highest BCUT2D eigenvalue weighted by Gasteiger charge is 2.13. The van der Waals surface area contributed by atoms with E-state index < -0.39 is 0 Å². The summed E-state index contributed by atoms with van der Waals surface area (Å²) in [4.78, 5) is 6.59. The molecule has 0 aliphatic carbocycles. The molecule has 0 radical (unpaired) electrons. The predicted molar refractivity (Wildman–Crippen MR) is 86.8 cm³/mol. The maximum atomic E-state index is 9.08. The van der Waals surface area contributed by atoms with Gasteiger partial charge >= 0.3 is 0 Å². The van der Waals surface area contributed by atoms with Crippen LogP contribution in [0, 0.1) is 0 Å². The largest absolute Gasteiger partial charge is 0.396 e. The van der Waals surface area contributed by atoms with Gasteiger partial charge in [0, 0.05) is 24.2 Å². The minimum Gasteiger partial charge on any atom is -0.396 e. The van der Waals surface area contributed by atoms with Gasteiger partial charge in [0.1, 0.15) is 0 Å². The monoisotopic (exact) mass is 315 g/mol. The van der Waals surface area contributed by atoms with E-state index in [1.54, 1.807) is 11.3 Å². The predicted octanol–water partition coefficient (Wildman–Crippen LogP) is 3.19. The maximum absolute atomic E-state index is 9.08. The third kappa shape index (κ3) is 3.52. The summed E-state index contributed by atoms with van der Waals surface area (Å²) in [5.41, 5.74) is 2.03. The normalized spacial score (nSPS) is 10.8. The SMILES string of the molecule is OCCCN(Cc1noc(-c2ccsc2)n1)c1ccccc1. The number of thiophene rings is 1. The first-order valence-electron chi connectivity index (χ1n) is 7.13. The van der Waals surface area contributed by atoms with Crippen LogP contribution in [0.15, 0.2) is 51.7 Å². The number of benzene rings is 1. The number of para-hydroxylation sites is 1. The number of aliphatic hydroxyl groups excluding tert-OH is 1. The van der Waals surface area contributed by atoms with Gasteiger partial charge in [-0.1, -0.05) is 23.4 Å².